The second kappa shape index (κ2) is 10.1. The van der Waals surface area contributed by atoms with Gasteiger partial charge in [-0.1, -0.05) is 18.6 Å². The first kappa shape index (κ1) is 23.5. The number of amides is 3. The Labute approximate surface area is 195 Å². The highest BCUT2D eigenvalue weighted by Gasteiger charge is 2.38. The Balaban J connectivity index is 1.50. The molecule has 4 heterocycles. The second-order valence-corrected chi connectivity index (χ2v) is 9.70. The molecule has 1 N–H and O–H groups in total. The van der Waals surface area contributed by atoms with E-state index < -0.39 is 0 Å². The summed E-state index contributed by atoms with van der Waals surface area (Å²) >= 11 is 0. The molecule has 5 rings (SSSR count). The third kappa shape index (κ3) is 5.16. The molecular formula is C25H35N3O5. The van der Waals surface area contributed by atoms with Crippen LogP contribution in [-0.2, 0) is 9.59 Å². The SMILES string of the molecule is CC(=O)N1CC(C(=O)N2CCCCC3(CO)CCN(CC3)C(=O)c3ccccc3OCC2)C1. The van der Waals surface area contributed by atoms with Crippen molar-refractivity contribution in [1.29, 1.82) is 0 Å². The Morgan fingerprint density at radius 1 is 1.03 bits per heavy atom. The molecule has 2 fully saturated rings. The molecule has 0 aliphatic carbocycles. The van der Waals surface area contributed by atoms with Crippen molar-refractivity contribution >= 4 is 17.7 Å². The van der Waals surface area contributed by atoms with Crippen LogP contribution >= 0.6 is 0 Å². The van der Waals surface area contributed by atoms with Crippen LogP contribution in [0.4, 0.5) is 0 Å². The normalized spacial score (nSPS) is 22.0. The maximum atomic E-state index is 13.2. The second-order valence-electron chi connectivity index (χ2n) is 9.70. The molecule has 8 heteroatoms. The largest absolute Gasteiger partial charge is 0.491 e. The van der Waals surface area contributed by atoms with E-state index in [4.69, 9.17) is 4.74 Å². The van der Waals surface area contributed by atoms with Crippen LogP contribution in [0.15, 0.2) is 24.3 Å². The third-order valence-electron chi connectivity index (χ3n) is 7.56. The first-order valence-corrected chi connectivity index (χ1v) is 12.1. The number of aliphatic hydroxyl groups is 1. The van der Waals surface area contributed by atoms with Gasteiger partial charge < -0.3 is 24.5 Å². The zero-order valence-corrected chi connectivity index (χ0v) is 19.5. The Hall–Kier alpha value is -2.61. The third-order valence-corrected chi connectivity index (χ3v) is 7.56. The summed E-state index contributed by atoms with van der Waals surface area (Å²) in [5, 5.41) is 10.1. The number of para-hydroxylation sites is 1. The monoisotopic (exact) mass is 457 g/mol. The molecule has 4 aliphatic heterocycles. The number of carbonyl (C=O) groups excluding carboxylic acids is 3. The van der Waals surface area contributed by atoms with Gasteiger partial charge in [-0.15, -0.1) is 0 Å². The maximum Gasteiger partial charge on any atom is 0.257 e. The fraction of sp³-hybridized carbons (Fsp3) is 0.640. The lowest BCUT2D eigenvalue weighted by atomic mass is 9.75. The zero-order chi connectivity index (χ0) is 23.4. The van der Waals surface area contributed by atoms with Gasteiger partial charge in [0.25, 0.3) is 5.91 Å². The van der Waals surface area contributed by atoms with Crippen molar-refractivity contribution in [3.8, 4) is 5.75 Å². The summed E-state index contributed by atoms with van der Waals surface area (Å²) in [6.45, 7) is 5.25. The molecule has 1 aromatic carbocycles. The molecular weight excluding hydrogens is 422 g/mol. The maximum absolute atomic E-state index is 13.2. The Kier molecular flexibility index (Phi) is 7.22. The van der Waals surface area contributed by atoms with Crippen molar-refractivity contribution in [2.45, 2.75) is 39.0 Å². The van der Waals surface area contributed by atoms with E-state index in [0.717, 1.165) is 32.1 Å². The van der Waals surface area contributed by atoms with Gasteiger partial charge in [0.05, 0.1) is 18.0 Å². The molecule has 0 spiro atoms. The van der Waals surface area contributed by atoms with E-state index in [1.807, 2.05) is 21.9 Å². The number of rotatable bonds is 2. The van der Waals surface area contributed by atoms with Gasteiger partial charge in [0.2, 0.25) is 11.8 Å². The molecule has 0 saturated carbocycles. The number of ether oxygens (including phenoxy) is 1. The van der Waals surface area contributed by atoms with E-state index in [2.05, 4.69) is 0 Å². The summed E-state index contributed by atoms with van der Waals surface area (Å²) in [5.74, 6) is 0.403. The topological polar surface area (TPSA) is 90.4 Å². The quantitative estimate of drug-likeness (QED) is 0.731. The standard InChI is InChI=1S/C25H35N3O5/c1-19(30)28-16-20(17-28)23(31)26-11-5-4-8-25(18-29)9-12-27(13-10-25)24(32)21-6-2-3-7-22(21)33-15-14-26/h2-3,6-7,20,29H,4-5,8-18H2,1H3. The molecule has 180 valence electrons. The van der Waals surface area contributed by atoms with Crippen molar-refractivity contribution in [3.63, 3.8) is 0 Å². The highest BCUT2D eigenvalue weighted by atomic mass is 16.5. The van der Waals surface area contributed by atoms with Gasteiger partial charge in [-0.2, -0.15) is 0 Å². The van der Waals surface area contributed by atoms with Crippen LogP contribution in [0.25, 0.3) is 0 Å². The van der Waals surface area contributed by atoms with Crippen molar-refractivity contribution in [3.05, 3.63) is 29.8 Å². The first-order chi connectivity index (χ1) is 15.9. The highest BCUT2D eigenvalue weighted by molar-refractivity contribution is 5.97. The summed E-state index contributed by atoms with van der Waals surface area (Å²) in [6, 6.07) is 7.28. The fourth-order valence-electron chi connectivity index (χ4n) is 5.16. The van der Waals surface area contributed by atoms with Crippen molar-refractivity contribution in [2.75, 3.05) is 52.5 Å². The Bertz CT molecular complexity index is 875. The molecule has 1 aromatic rings. The van der Waals surface area contributed by atoms with E-state index >= 15 is 0 Å². The van der Waals surface area contributed by atoms with Gasteiger partial charge in [-0.3, -0.25) is 14.4 Å². The average Bonchev–Trinajstić information content (AvgIpc) is 2.79. The lowest BCUT2D eigenvalue weighted by Gasteiger charge is -2.41. The number of nitrogens with zero attached hydrogens (tertiary/aromatic N) is 3. The molecule has 0 radical (unpaired) electrons. The van der Waals surface area contributed by atoms with Crippen molar-refractivity contribution in [1.82, 2.24) is 14.7 Å². The minimum absolute atomic E-state index is 0.000591. The number of benzene rings is 1. The summed E-state index contributed by atoms with van der Waals surface area (Å²) in [4.78, 5) is 43.2. The van der Waals surface area contributed by atoms with Gasteiger partial charge in [-0.05, 0) is 43.2 Å². The van der Waals surface area contributed by atoms with Crippen LogP contribution in [0.3, 0.4) is 0 Å². The number of likely N-dealkylation sites (tertiary alicyclic amines) is 1. The van der Waals surface area contributed by atoms with E-state index in [0.29, 0.717) is 57.2 Å². The minimum Gasteiger partial charge on any atom is -0.491 e. The Morgan fingerprint density at radius 2 is 1.76 bits per heavy atom. The Morgan fingerprint density at radius 3 is 2.45 bits per heavy atom. The fourth-order valence-corrected chi connectivity index (χ4v) is 5.16. The predicted molar refractivity (Wildman–Crippen MR) is 123 cm³/mol. The highest BCUT2D eigenvalue weighted by Crippen LogP contribution is 2.37. The molecule has 0 aromatic heterocycles. The summed E-state index contributed by atoms with van der Waals surface area (Å²) in [7, 11) is 0. The molecule has 8 nitrogen and oxygen atoms in total. The van der Waals surface area contributed by atoms with Gasteiger partial charge in [0.1, 0.15) is 12.4 Å². The molecule has 2 saturated heterocycles. The van der Waals surface area contributed by atoms with Crippen LogP contribution in [0.2, 0.25) is 0 Å². The van der Waals surface area contributed by atoms with Crippen LogP contribution in [0, 0.1) is 11.3 Å². The van der Waals surface area contributed by atoms with Crippen molar-refractivity contribution in [2.24, 2.45) is 11.3 Å². The van der Waals surface area contributed by atoms with Crippen LogP contribution in [-0.4, -0.2) is 90.0 Å². The van der Waals surface area contributed by atoms with Gasteiger partial charge in [0.15, 0.2) is 0 Å². The lowest BCUT2D eigenvalue weighted by Crippen LogP contribution is -2.56. The lowest BCUT2D eigenvalue weighted by molar-refractivity contribution is -0.147. The van der Waals surface area contributed by atoms with E-state index in [1.54, 1.807) is 17.0 Å². The molecule has 3 amide bonds. The summed E-state index contributed by atoms with van der Waals surface area (Å²) in [6.07, 6.45) is 4.23. The average molecular weight is 458 g/mol. The zero-order valence-electron chi connectivity index (χ0n) is 19.5. The smallest absolute Gasteiger partial charge is 0.257 e. The molecule has 33 heavy (non-hydrogen) atoms. The number of hydrogen-bond acceptors (Lipinski definition) is 5. The molecule has 4 aliphatic rings. The molecule has 0 unspecified atom stereocenters. The van der Waals surface area contributed by atoms with Gasteiger partial charge in [-0.25, -0.2) is 0 Å². The van der Waals surface area contributed by atoms with Gasteiger partial charge >= 0.3 is 0 Å². The van der Waals surface area contributed by atoms with Crippen LogP contribution in [0.5, 0.6) is 5.75 Å². The summed E-state index contributed by atoms with van der Waals surface area (Å²) in [5.41, 5.74) is 0.385. The first-order valence-electron chi connectivity index (χ1n) is 12.1. The number of hydrogen-bond donors (Lipinski definition) is 1. The van der Waals surface area contributed by atoms with Gasteiger partial charge in [0, 0.05) is 46.3 Å². The minimum atomic E-state index is -0.156. The van der Waals surface area contributed by atoms with Crippen LogP contribution in [0.1, 0.15) is 49.4 Å². The predicted octanol–water partition coefficient (Wildman–Crippen LogP) is 1.77. The summed E-state index contributed by atoms with van der Waals surface area (Å²) < 4.78 is 6.01. The number of piperidine rings is 1. The molecule has 0 atom stereocenters. The van der Waals surface area contributed by atoms with E-state index in [9.17, 15) is 19.5 Å². The van der Waals surface area contributed by atoms with E-state index in [1.165, 1.54) is 6.92 Å². The number of aliphatic hydroxyl groups excluding tert-OH is 1. The number of fused-ring (bicyclic) bond motifs is 9. The molecule has 2 bridgehead atoms. The number of carbonyl (C=O) groups is 3. The van der Waals surface area contributed by atoms with Crippen molar-refractivity contribution < 1.29 is 24.2 Å². The van der Waals surface area contributed by atoms with Crippen LogP contribution < -0.4 is 4.74 Å². The van der Waals surface area contributed by atoms with E-state index in [-0.39, 0.29) is 35.7 Å².